The summed E-state index contributed by atoms with van der Waals surface area (Å²) in [6.45, 7) is 0.906. The number of methoxy groups -OCH3 is 2. The van der Waals surface area contributed by atoms with E-state index in [0.29, 0.717) is 12.2 Å². The van der Waals surface area contributed by atoms with Gasteiger partial charge in [-0.05, 0) is 49.7 Å². The Morgan fingerprint density at radius 2 is 2.12 bits per heavy atom. The number of likely N-dealkylation sites (N-methyl/N-ethyl adjacent to an activating group) is 1. The van der Waals surface area contributed by atoms with Crippen LogP contribution in [0.15, 0.2) is 23.8 Å². The molecule has 4 rings (SSSR count). The first-order chi connectivity index (χ1) is 11.5. The SMILES string of the molecule is COc1ccc2c(c1O)[C@@]13CCN(C)C(C2)C1=CC(OC)C(=O)C3. The standard InChI is InChI=1S/C19H23NO4/c1-20-7-6-19-10-14(21)16(24-3)9-12(19)13(20)8-11-4-5-15(23-2)18(22)17(11)19/h4-5,9,13,16,22H,6-8,10H2,1-3H3/t13?,16?,19-/m1/s1. The zero-order valence-electron chi connectivity index (χ0n) is 14.3. The Morgan fingerprint density at radius 3 is 2.83 bits per heavy atom. The Bertz CT molecular complexity index is 741. The monoisotopic (exact) mass is 329 g/mol. The molecule has 1 heterocycles. The van der Waals surface area contributed by atoms with Crippen LogP contribution < -0.4 is 4.74 Å². The second-order valence-corrected chi connectivity index (χ2v) is 7.10. The number of hydrogen-bond acceptors (Lipinski definition) is 5. The van der Waals surface area contributed by atoms with Crippen LogP contribution in [0.5, 0.6) is 11.5 Å². The predicted octanol–water partition coefficient (Wildman–Crippen LogP) is 1.81. The molecule has 0 radical (unpaired) electrons. The van der Waals surface area contributed by atoms with Crippen molar-refractivity contribution >= 4 is 5.78 Å². The Morgan fingerprint density at radius 1 is 1.33 bits per heavy atom. The number of Topliss-reactive ketones (excluding diaryl/α,β-unsaturated/α-hetero) is 1. The van der Waals surface area contributed by atoms with E-state index in [1.54, 1.807) is 14.2 Å². The van der Waals surface area contributed by atoms with Gasteiger partial charge in [0.2, 0.25) is 0 Å². The maximum atomic E-state index is 12.6. The van der Waals surface area contributed by atoms with Crippen molar-refractivity contribution in [1.29, 1.82) is 0 Å². The van der Waals surface area contributed by atoms with Gasteiger partial charge in [0.15, 0.2) is 17.3 Å². The Labute approximate surface area is 141 Å². The van der Waals surface area contributed by atoms with Crippen LogP contribution in [-0.4, -0.2) is 55.7 Å². The van der Waals surface area contributed by atoms with E-state index in [4.69, 9.17) is 9.47 Å². The normalized spacial score (nSPS) is 32.0. The van der Waals surface area contributed by atoms with Crippen LogP contribution in [-0.2, 0) is 21.4 Å². The summed E-state index contributed by atoms with van der Waals surface area (Å²) in [4.78, 5) is 15.0. The van der Waals surface area contributed by atoms with E-state index in [9.17, 15) is 9.90 Å². The van der Waals surface area contributed by atoms with Crippen LogP contribution in [0, 0.1) is 0 Å². The highest BCUT2D eigenvalue weighted by Gasteiger charge is 2.54. The van der Waals surface area contributed by atoms with E-state index in [2.05, 4.69) is 11.9 Å². The fourth-order valence-corrected chi connectivity index (χ4v) is 4.85. The summed E-state index contributed by atoms with van der Waals surface area (Å²) in [5, 5.41) is 10.8. The van der Waals surface area contributed by atoms with Crippen molar-refractivity contribution in [1.82, 2.24) is 4.90 Å². The lowest BCUT2D eigenvalue weighted by Gasteiger charge is -2.54. The molecule has 2 unspecified atom stereocenters. The fourth-order valence-electron chi connectivity index (χ4n) is 4.85. The largest absolute Gasteiger partial charge is 0.504 e. The van der Waals surface area contributed by atoms with Crippen molar-refractivity contribution in [3.63, 3.8) is 0 Å². The average molecular weight is 329 g/mol. The molecule has 1 aliphatic heterocycles. The maximum Gasteiger partial charge on any atom is 0.166 e. The molecule has 5 heteroatoms. The van der Waals surface area contributed by atoms with Crippen molar-refractivity contribution in [3.8, 4) is 11.5 Å². The molecule has 2 aliphatic carbocycles. The second kappa shape index (κ2) is 5.33. The van der Waals surface area contributed by atoms with Crippen LogP contribution in [0.2, 0.25) is 0 Å². The van der Waals surface area contributed by atoms with Gasteiger partial charge in [-0.2, -0.15) is 0 Å². The number of hydrogen-bond donors (Lipinski definition) is 1. The molecule has 1 saturated heterocycles. The summed E-state index contributed by atoms with van der Waals surface area (Å²) < 4.78 is 10.7. The van der Waals surface area contributed by atoms with E-state index in [1.807, 2.05) is 18.2 Å². The van der Waals surface area contributed by atoms with Gasteiger partial charge in [-0.3, -0.25) is 9.69 Å². The third-order valence-corrected chi connectivity index (χ3v) is 6.05. The zero-order chi connectivity index (χ0) is 17.1. The van der Waals surface area contributed by atoms with Gasteiger partial charge >= 0.3 is 0 Å². The van der Waals surface area contributed by atoms with E-state index in [1.165, 1.54) is 5.57 Å². The highest BCUT2D eigenvalue weighted by Crippen LogP contribution is 2.56. The number of carbonyl (C=O) groups excluding carboxylic acids is 1. The molecule has 0 amide bonds. The van der Waals surface area contributed by atoms with Crippen molar-refractivity contribution in [2.24, 2.45) is 0 Å². The lowest BCUT2D eigenvalue weighted by Crippen LogP contribution is -2.57. The molecule has 3 atom stereocenters. The number of aromatic hydroxyl groups is 1. The van der Waals surface area contributed by atoms with Gasteiger partial charge in [-0.15, -0.1) is 0 Å². The molecule has 24 heavy (non-hydrogen) atoms. The molecule has 128 valence electrons. The molecule has 1 N–H and O–H groups in total. The summed E-state index contributed by atoms with van der Waals surface area (Å²) in [5.41, 5.74) is 2.81. The number of nitrogens with zero attached hydrogens (tertiary/aromatic N) is 1. The van der Waals surface area contributed by atoms with Gasteiger partial charge in [0.1, 0.15) is 6.10 Å². The van der Waals surface area contributed by atoms with Crippen LogP contribution in [0.25, 0.3) is 0 Å². The van der Waals surface area contributed by atoms with Crippen LogP contribution in [0.4, 0.5) is 0 Å². The minimum atomic E-state index is -0.476. The van der Waals surface area contributed by atoms with Gasteiger partial charge in [-0.25, -0.2) is 0 Å². The summed E-state index contributed by atoms with van der Waals surface area (Å²) >= 11 is 0. The lowest BCUT2D eigenvalue weighted by atomic mass is 9.56. The number of phenolic OH excluding ortho intramolecular Hbond substituents is 1. The first-order valence-corrected chi connectivity index (χ1v) is 8.39. The maximum absolute atomic E-state index is 12.6. The van der Waals surface area contributed by atoms with Crippen molar-refractivity contribution in [2.75, 3.05) is 27.8 Å². The van der Waals surface area contributed by atoms with Gasteiger partial charge < -0.3 is 14.6 Å². The van der Waals surface area contributed by atoms with E-state index in [0.717, 1.165) is 30.5 Å². The quantitative estimate of drug-likeness (QED) is 0.839. The number of benzene rings is 1. The van der Waals surface area contributed by atoms with E-state index < -0.39 is 11.5 Å². The molecule has 1 aromatic carbocycles. The van der Waals surface area contributed by atoms with Crippen molar-refractivity contribution in [3.05, 3.63) is 34.9 Å². The highest BCUT2D eigenvalue weighted by atomic mass is 16.5. The fraction of sp³-hybridized carbons (Fsp3) is 0.526. The number of carbonyl (C=O) groups is 1. The topological polar surface area (TPSA) is 59.0 Å². The average Bonchev–Trinajstić information content (AvgIpc) is 2.57. The molecule has 0 saturated carbocycles. The first kappa shape index (κ1) is 15.7. The molecule has 0 aromatic heterocycles. The van der Waals surface area contributed by atoms with Gasteiger partial charge in [0.05, 0.1) is 7.11 Å². The van der Waals surface area contributed by atoms with E-state index in [-0.39, 0.29) is 17.6 Å². The number of phenols is 1. The van der Waals surface area contributed by atoms with Gasteiger partial charge in [0, 0.05) is 30.6 Å². The first-order valence-electron chi connectivity index (χ1n) is 8.39. The van der Waals surface area contributed by atoms with E-state index >= 15 is 0 Å². The number of ether oxygens (including phenoxy) is 2. The minimum Gasteiger partial charge on any atom is -0.504 e. The molecule has 1 fully saturated rings. The summed E-state index contributed by atoms with van der Waals surface area (Å²) in [6.07, 6.45) is 3.56. The number of rotatable bonds is 2. The number of likely N-dealkylation sites (tertiary alicyclic amines) is 1. The molecular formula is C19H23NO4. The molecule has 3 aliphatic rings. The number of piperidine rings is 1. The second-order valence-electron chi connectivity index (χ2n) is 7.10. The van der Waals surface area contributed by atoms with Crippen LogP contribution >= 0.6 is 0 Å². The van der Waals surface area contributed by atoms with Crippen LogP contribution in [0.3, 0.4) is 0 Å². The number of fused-ring (bicyclic) bond motifs is 1. The van der Waals surface area contributed by atoms with Crippen molar-refractivity contribution in [2.45, 2.75) is 36.8 Å². The summed E-state index contributed by atoms with van der Waals surface area (Å²) in [6, 6.07) is 4.10. The summed E-state index contributed by atoms with van der Waals surface area (Å²) in [7, 11) is 5.26. The molecule has 1 aromatic rings. The smallest absolute Gasteiger partial charge is 0.166 e. The van der Waals surface area contributed by atoms with Crippen LogP contribution in [0.1, 0.15) is 24.0 Å². The molecular weight excluding hydrogens is 306 g/mol. The Hall–Kier alpha value is -1.85. The molecule has 5 nitrogen and oxygen atoms in total. The van der Waals surface area contributed by atoms with Crippen molar-refractivity contribution < 1.29 is 19.4 Å². The third-order valence-electron chi connectivity index (χ3n) is 6.05. The Kier molecular flexibility index (Phi) is 3.48. The lowest BCUT2D eigenvalue weighted by molar-refractivity contribution is -0.129. The zero-order valence-corrected chi connectivity index (χ0v) is 14.3. The predicted molar refractivity (Wildman–Crippen MR) is 89.6 cm³/mol. The van der Waals surface area contributed by atoms with Gasteiger partial charge in [-0.1, -0.05) is 6.07 Å². The minimum absolute atomic E-state index is 0.0830. The molecule has 2 bridgehead atoms. The van der Waals surface area contributed by atoms with Gasteiger partial charge in [0.25, 0.3) is 0 Å². The highest BCUT2D eigenvalue weighted by molar-refractivity contribution is 5.90. The third kappa shape index (κ3) is 1.91. The molecule has 0 spiro atoms. The number of ketones is 1. The summed E-state index contributed by atoms with van der Waals surface area (Å²) in [5.74, 6) is 0.744. The Balaban J connectivity index is 1.99.